The van der Waals surface area contributed by atoms with Crippen LogP contribution in [0.1, 0.15) is 36.5 Å². The van der Waals surface area contributed by atoms with Crippen LogP contribution in [0.25, 0.3) is 0 Å². The van der Waals surface area contributed by atoms with Gasteiger partial charge < -0.3 is 4.90 Å². The summed E-state index contributed by atoms with van der Waals surface area (Å²) in [5, 5.41) is 0. The van der Waals surface area contributed by atoms with E-state index in [1.807, 2.05) is 6.92 Å². The molecule has 0 unspecified atom stereocenters. The van der Waals surface area contributed by atoms with Crippen LogP contribution < -0.4 is 0 Å². The molecule has 20 heavy (non-hydrogen) atoms. The monoisotopic (exact) mass is 319 g/mol. The first kappa shape index (κ1) is 15.3. The van der Waals surface area contributed by atoms with Crippen molar-refractivity contribution in [1.82, 2.24) is 4.90 Å². The average Bonchev–Trinajstić information content (AvgIpc) is 3.17. The molecule has 0 aliphatic heterocycles. The normalized spacial score (nSPS) is 15.2. The second-order valence-electron chi connectivity index (χ2n) is 4.81. The van der Waals surface area contributed by atoms with E-state index in [1.54, 1.807) is 4.90 Å². The van der Waals surface area contributed by atoms with Gasteiger partial charge in [0.25, 0.3) is 15.0 Å². The molecule has 7 heteroatoms. The Morgan fingerprint density at radius 2 is 2.10 bits per heavy atom. The number of rotatable bonds is 5. The highest BCUT2D eigenvalue weighted by atomic mass is 35.7. The predicted molar refractivity (Wildman–Crippen MR) is 73.8 cm³/mol. The highest BCUT2D eigenvalue weighted by Crippen LogP contribution is 2.30. The Morgan fingerprint density at radius 3 is 2.60 bits per heavy atom. The van der Waals surface area contributed by atoms with Gasteiger partial charge in [-0.3, -0.25) is 4.79 Å². The molecule has 0 spiro atoms. The number of amides is 1. The summed E-state index contributed by atoms with van der Waals surface area (Å²) in [5.74, 6) is -1.14. The zero-order valence-corrected chi connectivity index (χ0v) is 12.5. The van der Waals surface area contributed by atoms with Crippen LogP contribution in [0.3, 0.4) is 0 Å². The van der Waals surface area contributed by atoms with Crippen LogP contribution in [0, 0.1) is 5.82 Å². The van der Waals surface area contributed by atoms with E-state index in [4.69, 9.17) is 10.7 Å². The predicted octanol–water partition coefficient (Wildman–Crippen LogP) is 2.77. The molecule has 0 bridgehead atoms. The van der Waals surface area contributed by atoms with Crippen LogP contribution in [0.5, 0.6) is 0 Å². The fourth-order valence-corrected chi connectivity index (χ4v) is 3.16. The van der Waals surface area contributed by atoms with Crippen LogP contribution in [0.4, 0.5) is 4.39 Å². The maximum atomic E-state index is 13.4. The summed E-state index contributed by atoms with van der Waals surface area (Å²) < 4.78 is 36.4. The van der Waals surface area contributed by atoms with Crippen molar-refractivity contribution >= 4 is 25.6 Å². The Kier molecular flexibility index (Phi) is 4.34. The quantitative estimate of drug-likeness (QED) is 0.784. The molecule has 1 amide bonds. The highest BCUT2D eigenvalue weighted by molar-refractivity contribution is 8.13. The molecule has 0 N–H and O–H groups in total. The van der Waals surface area contributed by atoms with E-state index in [-0.39, 0.29) is 16.5 Å². The third-order valence-electron chi connectivity index (χ3n) is 3.15. The van der Waals surface area contributed by atoms with E-state index >= 15 is 0 Å². The smallest absolute Gasteiger partial charge is 0.262 e. The molecule has 1 fully saturated rings. The van der Waals surface area contributed by atoms with Gasteiger partial charge in [0.2, 0.25) is 0 Å². The van der Waals surface area contributed by atoms with Crippen molar-refractivity contribution in [1.29, 1.82) is 0 Å². The van der Waals surface area contributed by atoms with Crippen molar-refractivity contribution in [2.45, 2.75) is 37.1 Å². The zero-order valence-electron chi connectivity index (χ0n) is 11.0. The Balaban J connectivity index is 2.44. The van der Waals surface area contributed by atoms with Crippen LogP contribution in [-0.4, -0.2) is 31.8 Å². The SMILES string of the molecule is CCCN(C(=O)c1cc(F)ccc1S(=O)(=O)Cl)C1CC1. The maximum Gasteiger partial charge on any atom is 0.262 e. The summed E-state index contributed by atoms with van der Waals surface area (Å²) in [6.07, 6.45) is 2.54. The van der Waals surface area contributed by atoms with Crippen molar-refractivity contribution in [2.24, 2.45) is 0 Å². The number of hydrogen-bond acceptors (Lipinski definition) is 3. The molecule has 0 saturated heterocycles. The second-order valence-corrected chi connectivity index (χ2v) is 7.34. The number of halogens is 2. The fraction of sp³-hybridized carbons (Fsp3) is 0.462. The minimum Gasteiger partial charge on any atom is -0.336 e. The number of hydrogen-bond donors (Lipinski definition) is 0. The summed E-state index contributed by atoms with van der Waals surface area (Å²) >= 11 is 0. The summed E-state index contributed by atoms with van der Waals surface area (Å²) in [4.78, 5) is 13.7. The molecule has 2 rings (SSSR count). The first-order valence-electron chi connectivity index (χ1n) is 6.39. The maximum absolute atomic E-state index is 13.4. The Labute approximate surface area is 121 Å². The lowest BCUT2D eigenvalue weighted by Gasteiger charge is -2.22. The number of benzene rings is 1. The van der Waals surface area contributed by atoms with Gasteiger partial charge in [-0.25, -0.2) is 12.8 Å². The Bertz CT molecular complexity index is 629. The molecule has 1 aromatic rings. The largest absolute Gasteiger partial charge is 0.336 e. The molecule has 110 valence electrons. The van der Waals surface area contributed by atoms with Crippen molar-refractivity contribution in [2.75, 3.05) is 6.54 Å². The standard InChI is InChI=1S/C13H15ClFNO3S/c1-2-7-16(10-4-5-10)13(17)11-8-9(15)3-6-12(11)20(14,18)19/h3,6,8,10H,2,4-5,7H2,1H3. The second kappa shape index (κ2) is 5.69. The van der Waals surface area contributed by atoms with E-state index < -0.39 is 20.8 Å². The first-order valence-corrected chi connectivity index (χ1v) is 8.70. The first-order chi connectivity index (χ1) is 9.34. The molecule has 1 aliphatic carbocycles. The van der Waals surface area contributed by atoms with Gasteiger partial charge in [0, 0.05) is 23.3 Å². The molecule has 0 aromatic heterocycles. The van der Waals surface area contributed by atoms with Gasteiger partial charge in [-0.2, -0.15) is 0 Å². The third-order valence-corrected chi connectivity index (χ3v) is 4.53. The third kappa shape index (κ3) is 3.30. The molecule has 1 aromatic carbocycles. The highest BCUT2D eigenvalue weighted by Gasteiger charge is 2.34. The lowest BCUT2D eigenvalue weighted by atomic mass is 10.2. The fourth-order valence-electron chi connectivity index (χ4n) is 2.11. The van der Waals surface area contributed by atoms with Crippen molar-refractivity contribution in [3.05, 3.63) is 29.6 Å². The molecular weight excluding hydrogens is 305 g/mol. The molecular formula is C13H15ClFNO3S. The molecule has 0 heterocycles. The van der Waals surface area contributed by atoms with Gasteiger partial charge in [-0.1, -0.05) is 6.92 Å². The molecule has 1 aliphatic rings. The van der Waals surface area contributed by atoms with Crippen molar-refractivity contribution in [3.8, 4) is 0 Å². The molecule has 0 atom stereocenters. The number of nitrogens with zero attached hydrogens (tertiary/aromatic N) is 1. The number of carbonyl (C=O) groups excluding carboxylic acids is 1. The summed E-state index contributed by atoms with van der Waals surface area (Å²) in [6, 6.07) is 3.06. The van der Waals surface area contributed by atoms with E-state index in [1.165, 1.54) is 0 Å². The van der Waals surface area contributed by atoms with Crippen LogP contribution >= 0.6 is 10.7 Å². The van der Waals surface area contributed by atoms with E-state index in [0.29, 0.717) is 6.54 Å². The van der Waals surface area contributed by atoms with Gasteiger partial charge in [0.1, 0.15) is 5.82 Å². The van der Waals surface area contributed by atoms with E-state index in [2.05, 4.69) is 0 Å². The van der Waals surface area contributed by atoms with Gasteiger partial charge in [-0.05, 0) is 37.5 Å². The topological polar surface area (TPSA) is 54.5 Å². The summed E-state index contributed by atoms with van der Waals surface area (Å²) in [6.45, 7) is 2.44. The molecule has 1 saturated carbocycles. The van der Waals surface area contributed by atoms with E-state index in [0.717, 1.165) is 37.5 Å². The van der Waals surface area contributed by atoms with Crippen LogP contribution in [0.2, 0.25) is 0 Å². The Morgan fingerprint density at radius 1 is 1.45 bits per heavy atom. The minimum atomic E-state index is -4.09. The van der Waals surface area contributed by atoms with E-state index in [9.17, 15) is 17.6 Å². The van der Waals surface area contributed by atoms with Crippen LogP contribution in [-0.2, 0) is 9.05 Å². The minimum absolute atomic E-state index is 0.122. The van der Waals surface area contributed by atoms with Gasteiger partial charge >= 0.3 is 0 Å². The lowest BCUT2D eigenvalue weighted by molar-refractivity contribution is 0.0738. The molecule has 0 radical (unpaired) electrons. The average molecular weight is 320 g/mol. The van der Waals surface area contributed by atoms with Crippen molar-refractivity contribution < 1.29 is 17.6 Å². The lowest BCUT2D eigenvalue weighted by Crippen LogP contribution is -2.34. The van der Waals surface area contributed by atoms with Gasteiger partial charge in [0.15, 0.2) is 0 Å². The van der Waals surface area contributed by atoms with Crippen LogP contribution in [0.15, 0.2) is 23.1 Å². The number of carbonyl (C=O) groups is 1. The van der Waals surface area contributed by atoms with Gasteiger partial charge in [-0.15, -0.1) is 0 Å². The zero-order chi connectivity index (χ0) is 14.9. The summed E-state index contributed by atoms with van der Waals surface area (Å²) in [7, 11) is 1.23. The van der Waals surface area contributed by atoms with Crippen molar-refractivity contribution in [3.63, 3.8) is 0 Å². The Hall–Kier alpha value is -1.14. The summed E-state index contributed by atoms with van der Waals surface area (Å²) in [5.41, 5.74) is -0.194. The van der Waals surface area contributed by atoms with Gasteiger partial charge in [0.05, 0.1) is 10.5 Å². The molecule has 4 nitrogen and oxygen atoms in total.